The van der Waals surface area contributed by atoms with E-state index in [1.54, 1.807) is 12.1 Å². The smallest absolute Gasteiger partial charge is 0.222 e. The Bertz CT molecular complexity index is 768. The Labute approximate surface area is 165 Å². The molecule has 1 saturated heterocycles. The molecule has 0 aliphatic carbocycles. The van der Waals surface area contributed by atoms with E-state index >= 15 is 0 Å². The summed E-state index contributed by atoms with van der Waals surface area (Å²) in [5.74, 6) is 1.53. The van der Waals surface area contributed by atoms with Gasteiger partial charge in [-0.1, -0.05) is 12.1 Å². The van der Waals surface area contributed by atoms with Gasteiger partial charge in [-0.25, -0.2) is 9.37 Å². The minimum Gasteiger partial charge on any atom is -0.368 e. The molecule has 2 aromatic rings. The molecular weight excluding hydrogens is 357 g/mol. The highest BCUT2D eigenvalue weighted by Crippen LogP contribution is 2.22. The Morgan fingerprint density at radius 1 is 1.25 bits per heavy atom. The lowest BCUT2D eigenvalue weighted by atomic mass is 9.96. The quantitative estimate of drug-likeness (QED) is 0.766. The first-order valence-corrected chi connectivity index (χ1v) is 9.87. The predicted molar refractivity (Wildman–Crippen MR) is 108 cm³/mol. The molecule has 1 amide bonds. The first-order chi connectivity index (χ1) is 13.5. The highest BCUT2D eigenvalue weighted by atomic mass is 19.1. The molecule has 1 aromatic carbocycles. The molecule has 1 aromatic heterocycles. The largest absolute Gasteiger partial charge is 0.368 e. The topological polar surface area (TPSA) is 84.1 Å². The summed E-state index contributed by atoms with van der Waals surface area (Å²) in [6, 6.07) is 8.42. The summed E-state index contributed by atoms with van der Waals surface area (Å²) >= 11 is 0. The zero-order valence-electron chi connectivity index (χ0n) is 16.3. The summed E-state index contributed by atoms with van der Waals surface area (Å²) in [5, 5.41) is 3.06. The van der Waals surface area contributed by atoms with E-state index in [0.29, 0.717) is 24.8 Å². The van der Waals surface area contributed by atoms with Gasteiger partial charge in [0.1, 0.15) is 11.6 Å². The van der Waals surface area contributed by atoms with Crippen LogP contribution in [0.4, 0.5) is 16.2 Å². The molecule has 2 heterocycles. The number of piperidine rings is 1. The zero-order valence-corrected chi connectivity index (χ0v) is 16.3. The first-order valence-electron chi connectivity index (χ1n) is 9.87. The lowest BCUT2D eigenvalue weighted by molar-refractivity contribution is -0.121. The fourth-order valence-electron chi connectivity index (χ4n) is 3.55. The fourth-order valence-corrected chi connectivity index (χ4v) is 3.55. The minimum atomic E-state index is -0.231. The van der Waals surface area contributed by atoms with Gasteiger partial charge in [-0.3, -0.25) is 4.79 Å². The Hall–Kier alpha value is -2.70. The van der Waals surface area contributed by atoms with E-state index in [1.807, 2.05) is 13.0 Å². The maximum atomic E-state index is 12.9. The lowest BCUT2D eigenvalue weighted by Gasteiger charge is -2.33. The number of rotatable bonds is 7. The number of carbonyl (C=O) groups excluding carboxylic acids is 1. The molecule has 28 heavy (non-hydrogen) atoms. The van der Waals surface area contributed by atoms with Crippen LogP contribution in [-0.2, 0) is 11.2 Å². The normalized spacial score (nSPS) is 14.9. The SMILES string of the molecule is Cc1cc(N2CCC(CNC(=O)CCCc3ccc(F)cc3)CC2)nc(N)n1. The van der Waals surface area contributed by atoms with Crippen molar-refractivity contribution in [2.75, 3.05) is 30.3 Å². The van der Waals surface area contributed by atoms with Gasteiger partial charge in [0.25, 0.3) is 0 Å². The van der Waals surface area contributed by atoms with Crippen LogP contribution < -0.4 is 16.0 Å². The first kappa shape index (κ1) is 20.0. The molecule has 3 rings (SSSR count). The van der Waals surface area contributed by atoms with Crippen molar-refractivity contribution in [2.24, 2.45) is 5.92 Å². The Morgan fingerprint density at radius 2 is 1.96 bits per heavy atom. The van der Waals surface area contributed by atoms with Gasteiger partial charge in [0.05, 0.1) is 0 Å². The van der Waals surface area contributed by atoms with Gasteiger partial charge in [-0.05, 0) is 56.2 Å². The van der Waals surface area contributed by atoms with Crippen LogP contribution in [0.25, 0.3) is 0 Å². The van der Waals surface area contributed by atoms with E-state index in [0.717, 1.165) is 55.8 Å². The molecule has 1 aliphatic rings. The van der Waals surface area contributed by atoms with Crippen molar-refractivity contribution in [1.29, 1.82) is 0 Å². The van der Waals surface area contributed by atoms with Gasteiger partial charge >= 0.3 is 0 Å². The third-order valence-electron chi connectivity index (χ3n) is 5.17. The van der Waals surface area contributed by atoms with Gasteiger partial charge in [-0.2, -0.15) is 4.98 Å². The number of nitrogens with zero attached hydrogens (tertiary/aromatic N) is 3. The molecule has 150 valence electrons. The summed E-state index contributed by atoms with van der Waals surface area (Å²) in [7, 11) is 0. The van der Waals surface area contributed by atoms with Crippen molar-refractivity contribution < 1.29 is 9.18 Å². The molecule has 0 bridgehead atoms. The molecule has 3 N–H and O–H groups in total. The number of nitrogens with two attached hydrogens (primary N) is 1. The van der Waals surface area contributed by atoms with Crippen LogP contribution in [0.5, 0.6) is 0 Å². The van der Waals surface area contributed by atoms with Crippen molar-refractivity contribution in [2.45, 2.75) is 39.0 Å². The van der Waals surface area contributed by atoms with Crippen molar-refractivity contribution in [3.8, 4) is 0 Å². The second-order valence-electron chi connectivity index (χ2n) is 7.44. The molecule has 0 radical (unpaired) electrons. The summed E-state index contributed by atoms with van der Waals surface area (Å²) < 4.78 is 12.9. The number of nitrogen functional groups attached to an aromatic ring is 1. The Morgan fingerprint density at radius 3 is 2.64 bits per heavy atom. The summed E-state index contributed by atoms with van der Waals surface area (Å²) in [4.78, 5) is 22.7. The average Bonchev–Trinajstić information content (AvgIpc) is 2.67. The number of hydrogen-bond acceptors (Lipinski definition) is 5. The highest BCUT2D eigenvalue weighted by Gasteiger charge is 2.21. The fraction of sp³-hybridized carbons (Fsp3) is 0.476. The van der Waals surface area contributed by atoms with Crippen molar-refractivity contribution in [1.82, 2.24) is 15.3 Å². The average molecular weight is 385 g/mol. The number of hydrogen-bond donors (Lipinski definition) is 2. The van der Waals surface area contributed by atoms with E-state index in [4.69, 9.17) is 5.73 Å². The number of nitrogens with one attached hydrogen (secondary N) is 1. The van der Waals surface area contributed by atoms with Crippen LogP contribution in [0.1, 0.15) is 36.9 Å². The van der Waals surface area contributed by atoms with Gasteiger partial charge in [0.2, 0.25) is 11.9 Å². The van der Waals surface area contributed by atoms with Crippen LogP contribution in [-0.4, -0.2) is 35.5 Å². The monoisotopic (exact) mass is 385 g/mol. The maximum absolute atomic E-state index is 12.9. The van der Waals surface area contributed by atoms with E-state index in [2.05, 4.69) is 20.2 Å². The number of aromatic nitrogens is 2. The van der Waals surface area contributed by atoms with Crippen LogP contribution >= 0.6 is 0 Å². The molecule has 0 saturated carbocycles. The third-order valence-corrected chi connectivity index (χ3v) is 5.17. The van der Waals surface area contributed by atoms with Crippen LogP contribution in [0.2, 0.25) is 0 Å². The highest BCUT2D eigenvalue weighted by molar-refractivity contribution is 5.75. The standard InChI is InChI=1S/C21H28FN5O/c1-15-13-19(26-21(23)25-15)27-11-9-17(10-12-27)14-24-20(28)4-2-3-16-5-7-18(22)8-6-16/h5-8,13,17H,2-4,9-12,14H2,1H3,(H,24,28)(H2,23,25,26). The number of aryl methyl sites for hydroxylation is 2. The Balaban J connectivity index is 1.34. The number of amides is 1. The molecule has 0 atom stereocenters. The number of anilines is 2. The maximum Gasteiger partial charge on any atom is 0.222 e. The molecule has 1 aliphatic heterocycles. The summed E-state index contributed by atoms with van der Waals surface area (Å²) in [5.41, 5.74) is 7.68. The van der Waals surface area contributed by atoms with E-state index < -0.39 is 0 Å². The second-order valence-corrected chi connectivity index (χ2v) is 7.44. The van der Waals surface area contributed by atoms with Crippen molar-refractivity contribution in [3.05, 3.63) is 47.4 Å². The molecular formula is C21H28FN5O. The third kappa shape index (κ3) is 5.90. The summed E-state index contributed by atoms with van der Waals surface area (Å²) in [6.07, 6.45) is 4.07. The molecule has 7 heteroatoms. The van der Waals surface area contributed by atoms with Crippen molar-refractivity contribution in [3.63, 3.8) is 0 Å². The predicted octanol–water partition coefficient (Wildman–Crippen LogP) is 2.86. The zero-order chi connectivity index (χ0) is 19.9. The van der Waals surface area contributed by atoms with Gasteiger partial charge in [0, 0.05) is 37.8 Å². The molecule has 1 fully saturated rings. The number of halogens is 1. The summed E-state index contributed by atoms with van der Waals surface area (Å²) in [6.45, 7) is 4.44. The van der Waals surface area contributed by atoms with Crippen LogP contribution in [0, 0.1) is 18.7 Å². The van der Waals surface area contributed by atoms with Crippen molar-refractivity contribution >= 4 is 17.7 Å². The Kier molecular flexibility index (Phi) is 6.79. The second kappa shape index (κ2) is 9.48. The lowest BCUT2D eigenvalue weighted by Crippen LogP contribution is -2.39. The molecule has 0 unspecified atom stereocenters. The van der Waals surface area contributed by atoms with Crippen LogP contribution in [0.15, 0.2) is 30.3 Å². The number of carbonyl (C=O) groups is 1. The van der Waals surface area contributed by atoms with Gasteiger partial charge in [0.15, 0.2) is 0 Å². The van der Waals surface area contributed by atoms with E-state index in [1.165, 1.54) is 12.1 Å². The minimum absolute atomic E-state index is 0.0868. The van der Waals surface area contributed by atoms with Crippen LogP contribution in [0.3, 0.4) is 0 Å². The van der Waals surface area contributed by atoms with Gasteiger partial charge in [-0.15, -0.1) is 0 Å². The number of benzene rings is 1. The van der Waals surface area contributed by atoms with E-state index in [-0.39, 0.29) is 11.7 Å². The van der Waals surface area contributed by atoms with E-state index in [9.17, 15) is 9.18 Å². The van der Waals surface area contributed by atoms with Gasteiger partial charge < -0.3 is 16.0 Å². The molecule has 6 nitrogen and oxygen atoms in total. The molecule has 0 spiro atoms.